The largest absolute Gasteiger partial charge is 0.348 e. The Labute approximate surface area is 163 Å². The predicted molar refractivity (Wildman–Crippen MR) is 109 cm³/mol. The number of carbonyl (C=O) groups excluding carboxylic acids is 1. The van der Waals surface area contributed by atoms with Crippen LogP contribution in [0.3, 0.4) is 0 Å². The van der Waals surface area contributed by atoms with Gasteiger partial charge in [0.15, 0.2) is 0 Å². The van der Waals surface area contributed by atoms with Crippen LogP contribution in [-0.4, -0.2) is 12.5 Å². The minimum atomic E-state index is -0.144. The molecule has 0 spiro atoms. The Hall–Kier alpha value is -2.14. The summed E-state index contributed by atoms with van der Waals surface area (Å²) in [5, 5.41) is 9.09. The lowest BCUT2D eigenvalue weighted by atomic mass is 10.1. The van der Waals surface area contributed by atoms with Gasteiger partial charge in [-0.25, -0.2) is 0 Å². The average molecular weight is 385 g/mol. The summed E-state index contributed by atoms with van der Waals surface area (Å²) in [4.78, 5) is 13.6. The summed E-state index contributed by atoms with van der Waals surface area (Å²) in [6, 6.07) is 21.7. The second-order valence-corrected chi connectivity index (χ2v) is 7.44. The molecule has 26 heavy (non-hydrogen) atoms. The van der Waals surface area contributed by atoms with Crippen molar-refractivity contribution in [1.82, 2.24) is 10.6 Å². The molecule has 3 nitrogen and oxygen atoms in total. The van der Waals surface area contributed by atoms with Gasteiger partial charge in [0.1, 0.15) is 0 Å². The number of halogens is 1. The van der Waals surface area contributed by atoms with E-state index in [0.29, 0.717) is 5.02 Å². The number of rotatable bonds is 7. The van der Waals surface area contributed by atoms with Crippen molar-refractivity contribution < 1.29 is 4.79 Å². The summed E-state index contributed by atoms with van der Waals surface area (Å²) >= 11 is 7.89. The van der Waals surface area contributed by atoms with Crippen LogP contribution in [0.5, 0.6) is 0 Å². The van der Waals surface area contributed by atoms with Crippen molar-refractivity contribution >= 4 is 28.8 Å². The smallest absolute Gasteiger partial charge is 0.234 e. The number of hydrogen-bond donors (Lipinski definition) is 2. The van der Waals surface area contributed by atoms with Crippen LogP contribution in [0.4, 0.5) is 0 Å². The fraction of sp³-hybridized carbons (Fsp3) is 0.190. The van der Waals surface area contributed by atoms with E-state index in [1.165, 1.54) is 4.88 Å². The lowest BCUT2D eigenvalue weighted by Gasteiger charge is -2.20. The quantitative estimate of drug-likeness (QED) is 0.604. The third-order valence-electron chi connectivity index (χ3n) is 4.18. The van der Waals surface area contributed by atoms with Gasteiger partial charge in [-0.05, 0) is 35.6 Å². The molecule has 0 fully saturated rings. The van der Waals surface area contributed by atoms with Gasteiger partial charge in [0.2, 0.25) is 5.91 Å². The highest BCUT2D eigenvalue weighted by molar-refractivity contribution is 7.10. The molecule has 2 N–H and O–H groups in total. The first-order valence-corrected chi connectivity index (χ1v) is 9.76. The molecule has 0 saturated carbocycles. The molecule has 1 aromatic heterocycles. The number of benzene rings is 2. The number of thiophene rings is 1. The van der Waals surface area contributed by atoms with Crippen LogP contribution >= 0.6 is 22.9 Å². The summed E-state index contributed by atoms with van der Waals surface area (Å²) in [5.41, 5.74) is 2.06. The van der Waals surface area contributed by atoms with E-state index in [0.717, 1.165) is 11.1 Å². The Balaban J connectivity index is 1.64. The van der Waals surface area contributed by atoms with E-state index in [1.54, 1.807) is 11.3 Å². The van der Waals surface area contributed by atoms with Crippen LogP contribution in [0.15, 0.2) is 72.1 Å². The Bertz CT molecular complexity index is 836. The van der Waals surface area contributed by atoms with Gasteiger partial charge >= 0.3 is 0 Å². The highest BCUT2D eigenvalue weighted by Crippen LogP contribution is 2.26. The van der Waals surface area contributed by atoms with Crippen molar-refractivity contribution in [2.45, 2.75) is 19.0 Å². The van der Waals surface area contributed by atoms with E-state index in [-0.39, 0.29) is 24.5 Å². The first-order valence-electron chi connectivity index (χ1n) is 8.50. The van der Waals surface area contributed by atoms with Gasteiger partial charge in [0, 0.05) is 9.90 Å². The molecular weight excluding hydrogens is 364 g/mol. The van der Waals surface area contributed by atoms with Gasteiger partial charge in [0.05, 0.1) is 18.6 Å². The van der Waals surface area contributed by atoms with E-state index in [1.807, 2.05) is 60.8 Å². The zero-order valence-corrected chi connectivity index (χ0v) is 16.1. The zero-order chi connectivity index (χ0) is 18.4. The molecule has 0 unspecified atom stereocenters. The summed E-state index contributed by atoms with van der Waals surface area (Å²) in [5.74, 6) is -0.0603. The first kappa shape index (κ1) is 18.6. The minimum Gasteiger partial charge on any atom is -0.348 e. The van der Waals surface area contributed by atoms with E-state index in [2.05, 4.69) is 28.8 Å². The van der Waals surface area contributed by atoms with Crippen LogP contribution in [0.25, 0.3) is 0 Å². The van der Waals surface area contributed by atoms with Gasteiger partial charge < -0.3 is 5.32 Å². The number of carbonyl (C=O) groups is 1. The summed E-state index contributed by atoms with van der Waals surface area (Å²) in [6.45, 7) is 2.17. The second-order valence-electron chi connectivity index (χ2n) is 6.05. The Morgan fingerprint density at radius 3 is 2.46 bits per heavy atom. The monoisotopic (exact) mass is 384 g/mol. The van der Waals surface area contributed by atoms with E-state index >= 15 is 0 Å². The Kier molecular flexibility index (Phi) is 6.45. The highest BCUT2D eigenvalue weighted by atomic mass is 35.5. The van der Waals surface area contributed by atoms with Crippen molar-refractivity contribution in [3.05, 3.63) is 93.1 Å². The van der Waals surface area contributed by atoms with Crippen molar-refractivity contribution in [2.75, 3.05) is 6.54 Å². The van der Waals surface area contributed by atoms with Crippen LogP contribution in [0.2, 0.25) is 5.02 Å². The van der Waals surface area contributed by atoms with Crippen LogP contribution in [0, 0.1) is 0 Å². The topological polar surface area (TPSA) is 41.1 Å². The minimum absolute atomic E-state index is 0.00225. The van der Waals surface area contributed by atoms with Crippen LogP contribution < -0.4 is 10.6 Å². The lowest BCUT2D eigenvalue weighted by Crippen LogP contribution is -2.37. The lowest BCUT2D eigenvalue weighted by molar-refractivity contribution is -0.120. The SMILES string of the molecule is C[C@H](NC(=O)CN[C@H](c1ccccc1)c1cccs1)c1ccccc1Cl. The highest BCUT2D eigenvalue weighted by Gasteiger charge is 2.17. The normalized spacial score (nSPS) is 13.2. The zero-order valence-electron chi connectivity index (χ0n) is 14.5. The van der Waals surface area contributed by atoms with E-state index < -0.39 is 0 Å². The van der Waals surface area contributed by atoms with E-state index in [4.69, 9.17) is 11.6 Å². The molecule has 2 atom stereocenters. The maximum Gasteiger partial charge on any atom is 0.234 e. The second kappa shape index (κ2) is 8.99. The summed E-state index contributed by atoms with van der Waals surface area (Å²) in [7, 11) is 0. The molecule has 0 saturated heterocycles. The molecule has 5 heteroatoms. The third-order valence-corrected chi connectivity index (χ3v) is 5.46. The van der Waals surface area contributed by atoms with Gasteiger partial charge in [0.25, 0.3) is 0 Å². The fourth-order valence-corrected chi connectivity index (χ4v) is 4.00. The molecule has 0 aliphatic heterocycles. The molecule has 0 radical (unpaired) electrons. The molecule has 0 bridgehead atoms. The van der Waals surface area contributed by atoms with Gasteiger partial charge in [-0.1, -0.05) is 66.2 Å². The summed E-state index contributed by atoms with van der Waals surface area (Å²) in [6.07, 6.45) is 0. The van der Waals surface area contributed by atoms with Crippen LogP contribution in [-0.2, 0) is 4.79 Å². The molecule has 3 rings (SSSR count). The average Bonchev–Trinajstić information content (AvgIpc) is 3.17. The number of hydrogen-bond acceptors (Lipinski definition) is 3. The van der Waals surface area contributed by atoms with Gasteiger partial charge in [-0.3, -0.25) is 10.1 Å². The summed E-state index contributed by atoms with van der Waals surface area (Å²) < 4.78 is 0. The standard InChI is InChI=1S/C21H21ClN2OS/c1-15(17-10-5-6-11-18(17)22)24-20(25)14-23-21(19-12-7-13-26-19)16-8-3-2-4-9-16/h2-13,15,21,23H,14H2,1H3,(H,24,25)/t15-,21+/m0/s1. The van der Waals surface area contributed by atoms with Crippen molar-refractivity contribution in [2.24, 2.45) is 0 Å². The molecule has 2 aromatic carbocycles. The molecule has 1 heterocycles. The Morgan fingerprint density at radius 2 is 1.77 bits per heavy atom. The fourth-order valence-electron chi connectivity index (χ4n) is 2.88. The van der Waals surface area contributed by atoms with Crippen LogP contribution in [0.1, 0.15) is 35.0 Å². The van der Waals surface area contributed by atoms with Gasteiger partial charge in [-0.15, -0.1) is 11.3 Å². The maximum absolute atomic E-state index is 12.4. The molecule has 3 aromatic rings. The molecular formula is C21H21ClN2OS. The van der Waals surface area contributed by atoms with Crippen molar-refractivity contribution in [3.8, 4) is 0 Å². The third kappa shape index (κ3) is 4.73. The van der Waals surface area contributed by atoms with E-state index in [9.17, 15) is 4.79 Å². The number of nitrogens with one attached hydrogen (secondary N) is 2. The van der Waals surface area contributed by atoms with Crippen molar-refractivity contribution in [3.63, 3.8) is 0 Å². The molecule has 0 aliphatic carbocycles. The molecule has 0 aliphatic rings. The first-order chi connectivity index (χ1) is 12.6. The predicted octanol–water partition coefficient (Wildman–Crippen LogP) is 4.96. The molecule has 1 amide bonds. The molecule has 134 valence electrons. The maximum atomic E-state index is 12.4. The van der Waals surface area contributed by atoms with Crippen molar-refractivity contribution in [1.29, 1.82) is 0 Å². The van der Waals surface area contributed by atoms with Gasteiger partial charge in [-0.2, -0.15) is 0 Å². The number of amides is 1. The Morgan fingerprint density at radius 1 is 1.04 bits per heavy atom.